The maximum absolute atomic E-state index is 11.2. The zero-order chi connectivity index (χ0) is 17.4. The van der Waals surface area contributed by atoms with Crippen LogP contribution in [-0.2, 0) is 25.0 Å². The maximum Gasteiger partial charge on any atom is 0.105 e. The number of aromatic nitrogens is 2. The molecular weight excluding hydrogens is 310 g/mol. The van der Waals surface area contributed by atoms with Gasteiger partial charge in [-0.05, 0) is 49.7 Å². The van der Waals surface area contributed by atoms with Crippen LogP contribution in [0.25, 0.3) is 10.9 Å². The van der Waals surface area contributed by atoms with E-state index in [1.54, 1.807) is 12.4 Å². The quantitative estimate of drug-likeness (QED) is 0.800. The first-order chi connectivity index (χ1) is 12.1. The molecule has 1 N–H and O–H groups in total. The highest BCUT2D eigenvalue weighted by molar-refractivity contribution is 5.85. The lowest BCUT2D eigenvalue weighted by molar-refractivity contribution is 0.0387. The zero-order valence-corrected chi connectivity index (χ0v) is 14.9. The van der Waals surface area contributed by atoms with E-state index in [-0.39, 0.29) is 0 Å². The van der Waals surface area contributed by atoms with E-state index >= 15 is 0 Å². The van der Waals surface area contributed by atoms with Gasteiger partial charge in [0.25, 0.3) is 0 Å². The number of nitrogens with zero attached hydrogens (tertiary/aromatic N) is 3. The number of rotatable bonds is 3. The highest BCUT2D eigenvalue weighted by atomic mass is 16.3. The third kappa shape index (κ3) is 2.96. The van der Waals surface area contributed by atoms with Gasteiger partial charge in [-0.25, -0.2) is 0 Å². The molecule has 0 fully saturated rings. The van der Waals surface area contributed by atoms with Gasteiger partial charge in [-0.15, -0.1) is 0 Å². The van der Waals surface area contributed by atoms with Gasteiger partial charge < -0.3 is 14.6 Å². The second-order valence-electron chi connectivity index (χ2n) is 7.34. The number of hydrogen-bond acceptors (Lipinski definition) is 3. The highest BCUT2D eigenvalue weighted by Gasteiger charge is 2.28. The van der Waals surface area contributed by atoms with E-state index in [0.29, 0.717) is 6.54 Å². The summed E-state index contributed by atoms with van der Waals surface area (Å²) in [5.41, 5.74) is 4.02. The number of hydrogen-bond donors (Lipinski definition) is 1. The zero-order valence-electron chi connectivity index (χ0n) is 14.9. The van der Waals surface area contributed by atoms with Crippen molar-refractivity contribution in [3.05, 3.63) is 65.6 Å². The van der Waals surface area contributed by atoms with Crippen molar-refractivity contribution in [3.63, 3.8) is 0 Å². The Kier molecular flexibility index (Phi) is 4.10. The molecule has 1 aliphatic rings. The summed E-state index contributed by atoms with van der Waals surface area (Å²) < 4.78 is 2.34. The first kappa shape index (κ1) is 16.3. The second kappa shape index (κ2) is 6.28. The molecule has 1 aromatic carbocycles. The van der Waals surface area contributed by atoms with Gasteiger partial charge in [-0.2, -0.15) is 0 Å². The normalized spacial score (nSPS) is 17.9. The molecule has 0 saturated carbocycles. The molecule has 1 unspecified atom stereocenters. The lowest BCUT2D eigenvalue weighted by Gasteiger charge is -2.26. The van der Waals surface area contributed by atoms with Crippen LogP contribution in [0.4, 0.5) is 0 Å². The molecule has 1 atom stereocenters. The van der Waals surface area contributed by atoms with Gasteiger partial charge in [-0.3, -0.25) is 4.98 Å². The Balaban J connectivity index is 1.82. The van der Waals surface area contributed by atoms with Crippen molar-refractivity contribution < 1.29 is 5.11 Å². The number of aliphatic hydroxyl groups is 1. The van der Waals surface area contributed by atoms with Crippen LogP contribution in [0.5, 0.6) is 0 Å². The fourth-order valence-corrected chi connectivity index (χ4v) is 3.99. The molecule has 0 amide bonds. The minimum atomic E-state index is -0.934. The lowest BCUT2D eigenvalue weighted by atomic mass is 9.97. The summed E-state index contributed by atoms with van der Waals surface area (Å²) in [4.78, 5) is 6.46. The van der Waals surface area contributed by atoms with Gasteiger partial charge >= 0.3 is 0 Å². The number of pyridine rings is 1. The van der Waals surface area contributed by atoms with Crippen LogP contribution in [0.15, 0.2) is 48.8 Å². The van der Waals surface area contributed by atoms with E-state index in [1.165, 1.54) is 22.2 Å². The molecule has 0 aliphatic carbocycles. The Morgan fingerprint density at radius 3 is 2.60 bits per heavy atom. The number of likely N-dealkylation sites (N-methyl/N-ethyl adjacent to an activating group) is 1. The molecule has 0 radical (unpaired) electrons. The minimum absolute atomic E-state index is 0.552. The second-order valence-corrected chi connectivity index (χ2v) is 7.34. The standard InChI is InChI=1S/C21H25N3O/c1-21(25,16-7-11-22-12-8-16)15-24-19-6-4-3-5-17(19)18-9-13-23(2)14-10-20(18)24/h3-8,11-12,25H,9-10,13-15H2,1-2H3. The number of para-hydroxylation sites is 1. The predicted octanol–water partition coefficient (Wildman–Crippen LogP) is 2.97. The lowest BCUT2D eigenvalue weighted by Crippen LogP contribution is -2.29. The van der Waals surface area contributed by atoms with Crippen LogP contribution in [0.3, 0.4) is 0 Å². The van der Waals surface area contributed by atoms with Crippen LogP contribution < -0.4 is 0 Å². The van der Waals surface area contributed by atoms with Crippen molar-refractivity contribution in [2.24, 2.45) is 0 Å². The van der Waals surface area contributed by atoms with E-state index in [1.807, 2.05) is 19.1 Å². The Bertz CT molecular complexity index is 883. The van der Waals surface area contributed by atoms with Gasteiger partial charge in [-0.1, -0.05) is 18.2 Å². The Hall–Kier alpha value is -2.17. The third-order valence-electron chi connectivity index (χ3n) is 5.44. The van der Waals surface area contributed by atoms with Crippen LogP contribution in [0.2, 0.25) is 0 Å². The van der Waals surface area contributed by atoms with Crippen LogP contribution in [0, 0.1) is 0 Å². The molecule has 4 heteroatoms. The average Bonchev–Trinajstić information content (AvgIpc) is 2.77. The van der Waals surface area contributed by atoms with E-state index in [0.717, 1.165) is 31.5 Å². The molecule has 25 heavy (non-hydrogen) atoms. The molecule has 4 rings (SSSR count). The smallest absolute Gasteiger partial charge is 0.105 e. The summed E-state index contributed by atoms with van der Waals surface area (Å²) in [6.07, 6.45) is 5.57. The molecule has 2 aromatic heterocycles. The molecule has 130 valence electrons. The van der Waals surface area contributed by atoms with Crippen molar-refractivity contribution in [1.82, 2.24) is 14.5 Å². The Morgan fingerprint density at radius 2 is 1.80 bits per heavy atom. The van der Waals surface area contributed by atoms with E-state index < -0.39 is 5.60 Å². The minimum Gasteiger partial charge on any atom is -0.384 e. The molecule has 3 heterocycles. The van der Waals surface area contributed by atoms with Crippen LogP contribution in [0.1, 0.15) is 23.7 Å². The van der Waals surface area contributed by atoms with Gasteiger partial charge in [0, 0.05) is 48.5 Å². The first-order valence-corrected chi connectivity index (χ1v) is 8.97. The number of fused-ring (bicyclic) bond motifs is 3. The SMILES string of the molecule is CN1CCc2c(n(CC(C)(O)c3ccncc3)c3ccccc23)CC1. The Labute approximate surface area is 148 Å². The topological polar surface area (TPSA) is 41.3 Å². The monoisotopic (exact) mass is 335 g/mol. The summed E-state index contributed by atoms with van der Waals surface area (Å²) in [5, 5.41) is 12.5. The van der Waals surface area contributed by atoms with Crippen molar-refractivity contribution in [1.29, 1.82) is 0 Å². The van der Waals surface area contributed by atoms with E-state index in [2.05, 4.69) is 45.8 Å². The van der Waals surface area contributed by atoms with Crippen molar-refractivity contribution in [2.45, 2.75) is 31.9 Å². The van der Waals surface area contributed by atoms with Gasteiger partial charge in [0.15, 0.2) is 0 Å². The molecule has 4 nitrogen and oxygen atoms in total. The Morgan fingerprint density at radius 1 is 1.08 bits per heavy atom. The summed E-state index contributed by atoms with van der Waals surface area (Å²) in [6, 6.07) is 12.4. The van der Waals surface area contributed by atoms with Gasteiger partial charge in [0.1, 0.15) is 5.60 Å². The van der Waals surface area contributed by atoms with Gasteiger partial charge in [0.05, 0.1) is 6.54 Å². The van der Waals surface area contributed by atoms with E-state index in [4.69, 9.17) is 0 Å². The molecular formula is C21H25N3O. The predicted molar refractivity (Wildman–Crippen MR) is 101 cm³/mol. The number of benzene rings is 1. The molecule has 0 spiro atoms. The van der Waals surface area contributed by atoms with Crippen molar-refractivity contribution in [3.8, 4) is 0 Å². The summed E-state index contributed by atoms with van der Waals surface area (Å²) in [6.45, 7) is 4.59. The molecule has 3 aromatic rings. The largest absolute Gasteiger partial charge is 0.384 e. The fourth-order valence-electron chi connectivity index (χ4n) is 3.99. The third-order valence-corrected chi connectivity index (χ3v) is 5.44. The van der Waals surface area contributed by atoms with Gasteiger partial charge in [0.2, 0.25) is 0 Å². The average molecular weight is 335 g/mol. The fraction of sp³-hybridized carbons (Fsp3) is 0.381. The summed E-state index contributed by atoms with van der Waals surface area (Å²) >= 11 is 0. The summed E-state index contributed by atoms with van der Waals surface area (Å²) in [7, 11) is 2.19. The first-order valence-electron chi connectivity index (χ1n) is 8.97. The highest BCUT2D eigenvalue weighted by Crippen LogP contribution is 2.32. The maximum atomic E-state index is 11.2. The molecule has 0 bridgehead atoms. The van der Waals surface area contributed by atoms with Crippen molar-refractivity contribution in [2.75, 3.05) is 20.1 Å². The van der Waals surface area contributed by atoms with Crippen LogP contribution >= 0.6 is 0 Å². The van der Waals surface area contributed by atoms with E-state index in [9.17, 15) is 5.11 Å². The van der Waals surface area contributed by atoms with Crippen LogP contribution in [-0.4, -0.2) is 39.7 Å². The molecule has 0 saturated heterocycles. The van der Waals surface area contributed by atoms with Crippen molar-refractivity contribution >= 4 is 10.9 Å². The molecule has 1 aliphatic heterocycles. The summed E-state index contributed by atoms with van der Waals surface area (Å²) in [5.74, 6) is 0.